The Hall–Kier alpha value is -2.47. The second-order valence-corrected chi connectivity index (χ2v) is 9.56. The molecule has 1 aromatic carbocycles. The monoisotopic (exact) mass is 396 g/mol. The molecular formula is C22H24N2O3S. The van der Waals surface area contributed by atoms with Crippen molar-refractivity contribution in [1.82, 2.24) is 9.97 Å². The molecule has 146 valence electrons. The maximum absolute atomic E-state index is 12.8. The number of esters is 1. The summed E-state index contributed by atoms with van der Waals surface area (Å²) in [5.74, 6) is 0.764. The highest BCUT2D eigenvalue weighted by Gasteiger charge is 2.31. The predicted molar refractivity (Wildman–Crippen MR) is 112 cm³/mol. The Bertz CT molecular complexity index is 1100. The normalized spacial score (nSPS) is 16.8. The molecule has 1 aliphatic carbocycles. The Labute approximate surface area is 167 Å². The molecule has 2 aromatic heterocycles. The van der Waals surface area contributed by atoms with Crippen molar-refractivity contribution in [3.63, 3.8) is 0 Å². The van der Waals surface area contributed by atoms with Gasteiger partial charge in [-0.1, -0.05) is 32.9 Å². The van der Waals surface area contributed by atoms with Gasteiger partial charge in [-0.05, 0) is 48.3 Å². The molecule has 1 aliphatic rings. The number of nitrogens with zero attached hydrogens (tertiary/aromatic N) is 1. The third-order valence-electron chi connectivity index (χ3n) is 5.72. The van der Waals surface area contributed by atoms with Crippen LogP contribution in [0, 0.1) is 11.3 Å². The summed E-state index contributed by atoms with van der Waals surface area (Å²) >= 11 is 1.65. The number of fused-ring (bicyclic) bond motifs is 3. The lowest BCUT2D eigenvalue weighted by molar-refractivity contribution is 0.0600. The van der Waals surface area contributed by atoms with E-state index in [2.05, 4.69) is 25.8 Å². The quantitative estimate of drug-likeness (QED) is 0.643. The van der Waals surface area contributed by atoms with Crippen LogP contribution in [0.15, 0.2) is 29.1 Å². The standard InChI is InChI=1S/C22H24N2O3S/c1-22(2,3)14-9-10-15-16(11-14)28-20-17(15)19(25)23-18(24-20)12-5-7-13(8-6-12)21(26)27-4/h5-8,14H,9-11H2,1-4H3,(H,23,24,25). The van der Waals surface area contributed by atoms with E-state index in [1.165, 1.54) is 17.6 Å². The SMILES string of the molecule is COC(=O)c1ccc(-c2nc3sc4c(c3c(=O)[nH]2)CCC(C(C)(C)C)C4)cc1. The molecule has 0 saturated heterocycles. The molecule has 0 spiro atoms. The molecule has 6 heteroatoms. The topological polar surface area (TPSA) is 72.0 Å². The zero-order chi connectivity index (χ0) is 20.1. The van der Waals surface area contributed by atoms with E-state index in [9.17, 15) is 9.59 Å². The van der Waals surface area contributed by atoms with Gasteiger partial charge in [-0.15, -0.1) is 11.3 Å². The number of nitrogens with one attached hydrogen (secondary N) is 1. The minimum atomic E-state index is -0.386. The van der Waals surface area contributed by atoms with Crippen molar-refractivity contribution in [3.8, 4) is 11.4 Å². The van der Waals surface area contributed by atoms with Crippen molar-refractivity contribution >= 4 is 27.5 Å². The Kier molecular flexibility index (Phi) is 4.62. The maximum Gasteiger partial charge on any atom is 0.337 e. The summed E-state index contributed by atoms with van der Waals surface area (Å²) < 4.78 is 4.73. The van der Waals surface area contributed by atoms with Gasteiger partial charge in [-0.25, -0.2) is 9.78 Å². The van der Waals surface area contributed by atoms with Crippen LogP contribution in [0.4, 0.5) is 0 Å². The van der Waals surface area contributed by atoms with Crippen molar-refractivity contribution in [2.75, 3.05) is 7.11 Å². The Balaban J connectivity index is 1.74. The number of benzene rings is 1. The fourth-order valence-corrected chi connectivity index (χ4v) is 5.24. The third-order valence-corrected chi connectivity index (χ3v) is 6.87. The fourth-order valence-electron chi connectivity index (χ4n) is 3.94. The Morgan fingerprint density at radius 2 is 1.96 bits per heavy atom. The van der Waals surface area contributed by atoms with Gasteiger partial charge in [0.25, 0.3) is 5.56 Å². The van der Waals surface area contributed by atoms with Gasteiger partial charge >= 0.3 is 5.97 Å². The highest BCUT2D eigenvalue weighted by molar-refractivity contribution is 7.18. The summed E-state index contributed by atoms with van der Waals surface area (Å²) in [6.07, 6.45) is 3.07. The molecule has 1 N–H and O–H groups in total. The van der Waals surface area contributed by atoms with E-state index in [4.69, 9.17) is 9.72 Å². The van der Waals surface area contributed by atoms with Crippen molar-refractivity contribution < 1.29 is 9.53 Å². The number of rotatable bonds is 2. The first-order valence-electron chi connectivity index (χ1n) is 9.51. The highest BCUT2D eigenvalue weighted by Crippen LogP contribution is 2.42. The highest BCUT2D eigenvalue weighted by atomic mass is 32.1. The first-order chi connectivity index (χ1) is 13.3. The summed E-state index contributed by atoms with van der Waals surface area (Å²) in [5, 5.41) is 0.752. The second-order valence-electron chi connectivity index (χ2n) is 8.47. The van der Waals surface area contributed by atoms with Crippen LogP contribution in [-0.2, 0) is 17.6 Å². The third kappa shape index (κ3) is 3.26. The molecule has 5 nitrogen and oxygen atoms in total. The lowest BCUT2D eigenvalue weighted by Crippen LogP contribution is -2.26. The van der Waals surface area contributed by atoms with Gasteiger partial charge in [0.1, 0.15) is 10.7 Å². The number of hydrogen-bond donors (Lipinski definition) is 1. The Morgan fingerprint density at radius 1 is 1.25 bits per heavy atom. The average Bonchev–Trinajstić information content (AvgIpc) is 3.04. The second kappa shape index (κ2) is 6.85. The van der Waals surface area contributed by atoms with Crippen molar-refractivity contribution in [2.24, 2.45) is 11.3 Å². The van der Waals surface area contributed by atoms with Gasteiger partial charge in [0, 0.05) is 10.4 Å². The number of aryl methyl sites for hydroxylation is 1. The van der Waals surface area contributed by atoms with Gasteiger partial charge < -0.3 is 9.72 Å². The number of ether oxygens (including phenoxy) is 1. The molecule has 0 fully saturated rings. The van der Waals surface area contributed by atoms with E-state index in [0.29, 0.717) is 17.3 Å². The lowest BCUT2D eigenvalue weighted by atomic mass is 9.72. The summed E-state index contributed by atoms with van der Waals surface area (Å²) in [6.45, 7) is 6.87. The molecular weight excluding hydrogens is 372 g/mol. The van der Waals surface area contributed by atoms with E-state index in [1.807, 2.05) is 0 Å². The van der Waals surface area contributed by atoms with Gasteiger partial charge in [0.05, 0.1) is 18.1 Å². The van der Waals surface area contributed by atoms with Crippen LogP contribution < -0.4 is 5.56 Å². The van der Waals surface area contributed by atoms with Crippen LogP contribution in [0.5, 0.6) is 0 Å². The summed E-state index contributed by atoms with van der Waals surface area (Å²) in [4.78, 5) is 34.2. The maximum atomic E-state index is 12.8. The number of carbonyl (C=O) groups excluding carboxylic acids is 1. The van der Waals surface area contributed by atoms with Crippen LogP contribution in [0.2, 0.25) is 0 Å². The number of carbonyl (C=O) groups is 1. The van der Waals surface area contributed by atoms with Crippen LogP contribution in [0.1, 0.15) is 48.0 Å². The minimum absolute atomic E-state index is 0.0799. The Morgan fingerprint density at radius 3 is 2.61 bits per heavy atom. The smallest absolute Gasteiger partial charge is 0.337 e. The molecule has 1 unspecified atom stereocenters. The molecule has 4 rings (SSSR count). The summed E-state index contributed by atoms with van der Waals surface area (Å²) in [6, 6.07) is 6.91. The largest absolute Gasteiger partial charge is 0.465 e. The minimum Gasteiger partial charge on any atom is -0.465 e. The van der Waals surface area contributed by atoms with E-state index in [1.54, 1.807) is 35.6 Å². The molecule has 0 radical (unpaired) electrons. The van der Waals surface area contributed by atoms with E-state index in [0.717, 1.165) is 35.0 Å². The number of hydrogen-bond acceptors (Lipinski definition) is 5. The molecule has 0 amide bonds. The zero-order valence-corrected chi connectivity index (χ0v) is 17.4. The number of methoxy groups -OCH3 is 1. The van der Waals surface area contributed by atoms with Gasteiger partial charge in [-0.3, -0.25) is 4.79 Å². The van der Waals surface area contributed by atoms with Crippen LogP contribution in [0.3, 0.4) is 0 Å². The van der Waals surface area contributed by atoms with Gasteiger partial charge in [0.15, 0.2) is 0 Å². The number of thiophene rings is 1. The number of H-pyrrole nitrogens is 1. The molecule has 28 heavy (non-hydrogen) atoms. The first kappa shape index (κ1) is 18.9. The van der Waals surface area contributed by atoms with Crippen molar-refractivity contribution in [2.45, 2.75) is 40.0 Å². The molecule has 0 aliphatic heterocycles. The van der Waals surface area contributed by atoms with E-state index in [-0.39, 0.29) is 16.9 Å². The predicted octanol–water partition coefficient (Wildman–Crippen LogP) is 4.59. The summed E-state index contributed by atoms with van der Waals surface area (Å²) in [7, 11) is 1.35. The zero-order valence-electron chi connectivity index (χ0n) is 16.6. The van der Waals surface area contributed by atoms with Crippen LogP contribution >= 0.6 is 11.3 Å². The molecule has 0 saturated carbocycles. The van der Waals surface area contributed by atoms with Crippen molar-refractivity contribution in [1.29, 1.82) is 0 Å². The van der Waals surface area contributed by atoms with Crippen molar-refractivity contribution in [3.05, 3.63) is 50.6 Å². The first-order valence-corrected chi connectivity index (χ1v) is 10.3. The fraction of sp³-hybridized carbons (Fsp3) is 0.409. The molecule has 2 heterocycles. The molecule has 0 bridgehead atoms. The van der Waals surface area contributed by atoms with Crippen LogP contribution in [-0.4, -0.2) is 23.0 Å². The number of aromatic amines is 1. The average molecular weight is 397 g/mol. The summed E-state index contributed by atoms with van der Waals surface area (Å²) in [5.41, 5.74) is 2.60. The van der Waals surface area contributed by atoms with Gasteiger partial charge in [-0.2, -0.15) is 0 Å². The number of aromatic nitrogens is 2. The van der Waals surface area contributed by atoms with Gasteiger partial charge in [0.2, 0.25) is 0 Å². The van der Waals surface area contributed by atoms with E-state index >= 15 is 0 Å². The lowest BCUT2D eigenvalue weighted by Gasteiger charge is -2.33. The van der Waals surface area contributed by atoms with Crippen LogP contribution in [0.25, 0.3) is 21.6 Å². The van der Waals surface area contributed by atoms with E-state index < -0.39 is 0 Å². The molecule has 3 aromatic rings. The molecule has 1 atom stereocenters.